The van der Waals surface area contributed by atoms with Crippen LogP contribution < -0.4 is 9.80 Å². The second kappa shape index (κ2) is 23.0. The van der Waals surface area contributed by atoms with Gasteiger partial charge in [-0.1, -0.05) is 278 Å². The molecule has 0 saturated carbocycles. The van der Waals surface area contributed by atoms with Crippen LogP contribution in [0.5, 0.6) is 0 Å². The zero-order chi connectivity index (χ0) is 59.2. The SMILES string of the molecule is CC(C)c1cccc(-c2cccc(N(c3cccc(-c4ccc(-c5ccccc5)cc4)c3)c3ccc4c(c3)C(C)(C)c3cc(N(c5cccc(-c6ccc(-c7ccccc7)cc6)c5)c5cccc(-c6cccc(C(C)C)c6)c5)c5ccccc5c3-4)c2)c1. The Morgan fingerprint density at radius 2 is 0.586 bits per heavy atom. The van der Waals surface area contributed by atoms with Crippen LogP contribution in [0.2, 0.25) is 0 Å². The Balaban J connectivity index is 0.912. The predicted octanol–water partition coefficient (Wildman–Crippen LogP) is 24.3. The molecular weight excluding hydrogens is 1050 g/mol. The minimum atomic E-state index is -0.389. The Bertz CT molecular complexity index is 4650. The standard InChI is InChI=1S/C85H70N2/c1-57(2)65-25-15-27-67(49-65)71-31-19-34-74(53-71)86(73-33-17-29-69(51-73)63-43-39-61(40-44-63)59-21-9-7-10-22-59)77-47-48-80-81(55-77)85(5,6)82-56-83(78-37-13-14-38-79(78)84(80)82)87(76-36-20-32-72(54-76)68-28-16-26-66(50-68)58(3)4)75-35-18-30-70(52-75)64-45-41-62(42-46-64)60-23-11-8-12-24-60/h7-58H,1-6H3. The number of hydrogen-bond donors (Lipinski definition) is 0. The summed E-state index contributed by atoms with van der Waals surface area (Å²) >= 11 is 0. The maximum Gasteiger partial charge on any atom is 0.0543 e. The molecule has 13 aromatic rings. The van der Waals surface area contributed by atoms with E-state index in [-0.39, 0.29) is 5.41 Å². The predicted molar refractivity (Wildman–Crippen MR) is 372 cm³/mol. The molecule has 0 atom stereocenters. The summed E-state index contributed by atoms with van der Waals surface area (Å²) in [5.74, 6) is 0.844. The number of benzene rings is 13. The van der Waals surface area contributed by atoms with E-state index in [1.807, 2.05) is 0 Å². The molecule has 1 aliphatic carbocycles. The largest absolute Gasteiger partial charge is 0.310 e. The zero-order valence-electron chi connectivity index (χ0n) is 50.4. The normalized spacial score (nSPS) is 12.3. The van der Waals surface area contributed by atoms with Crippen molar-refractivity contribution >= 4 is 44.9 Å². The molecule has 0 saturated heterocycles. The first-order valence-corrected chi connectivity index (χ1v) is 30.8. The van der Waals surface area contributed by atoms with Gasteiger partial charge in [0.25, 0.3) is 0 Å². The Kier molecular flexibility index (Phi) is 14.4. The molecule has 0 unspecified atom stereocenters. The molecule has 0 N–H and O–H groups in total. The number of nitrogens with zero attached hydrogens (tertiary/aromatic N) is 2. The molecule has 2 nitrogen and oxygen atoms in total. The minimum absolute atomic E-state index is 0.389. The van der Waals surface area contributed by atoms with E-state index in [9.17, 15) is 0 Å². The van der Waals surface area contributed by atoms with Gasteiger partial charge in [0.15, 0.2) is 0 Å². The fourth-order valence-corrected chi connectivity index (χ4v) is 13.2. The summed E-state index contributed by atoms with van der Waals surface area (Å²) in [5.41, 5.74) is 28.4. The monoisotopic (exact) mass is 1120 g/mol. The van der Waals surface area contributed by atoms with E-state index < -0.39 is 0 Å². The second-order valence-corrected chi connectivity index (χ2v) is 24.5. The van der Waals surface area contributed by atoms with E-state index in [0.29, 0.717) is 11.8 Å². The van der Waals surface area contributed by atoms with E-state index in [1.165, 1.54) is 99.8 Å². The summed E-state index contributed by atoms with van der Waals surface area (Å²) < 4.78 is 0. The van der Waals surface area contributed by atoms with Gasteiger partial charge in [-0.15, -0.1) is 0 Å². The fraction of sp³-hybridized carbons (Fsp3) is 0.106. The number of hydrogen-bond acceptors (Lipinski definition) is 2. The van der Waals surface area contributed by atoms with Gasteiger partial charge in [-0.2, -0.15) is 0 Å². The average Bonchev–Trinajstić information content (AvgIpc) is 1.70. The van der Waals surface area contributed by atoms with Crippen LogP contribution in [0.25, 0.3) is 88.7 Å². The molecule has 420 valence electrons. The average molecular weight is 1120 g/mol. The van der Waals surface area contributed by atoms with Gasteiger partial charge in [-0.25, -0.2) is 0 Å². The Hall–Kier alpha value is -10.3. The number of fused-ring (bicyclic) bond motifs is 5. The first-order valence-electron chi connectivity index (χ1n) is 30.8. The van der Waals surface area contributed by atoms with Crippen LogP contribution in [-0.2, 0) is 5.41 Å². The van der Waals surface area contributed by atoms with E-state index in [1.54, 1.807) is 0 Å². The molecular formula is C85H70N2. The van der Waals surface area contributed by atoms with Gasteiger partial charge >= 0.3 is 0 Å². The highest BCUT2D eigenvalue weighted by Crippen LogP contribution is 2.56. The topological polar surface area (TPSA) is 6.48 Å². The molecule has 13 aromatic carbocycles. The molecule has 0 radical (unpaired) electrons. The lowest BCUT2D eigenvalue weighted by Gasteiger charge is -2.31. The summed E-state index contributed by atoms with van der Waals surface area (Å²) in [4.78, 5) is 4.98. The van der Waals surface area contributed by atoms with Gasteiger partial charge in [0.1, 0.15) is 0 Å². The lowest BCUT2D eigenvalue weighted by atomic mass is 9.81. The molecule has 0 fully saturated rings. The van der Waals surface area contributed by atoms with Gasteiger partial charge in [0, 0.05) is 39.2 Å². The molecule has 0 aromatic heterocycles. The van der Waals surface area contributed by atoms with Gasteiger partial charge in [0.05, 0.1) is 5.69 Å². The molecule has 14 rings (SSSR count). The second-order valence-electron chi connectivity index (χ2n) is 24.5. The molecule has 0 aliphatic heterocycles. The highest BCUT2D eigenvalue weighted by atomic mass is 15.1. The molecule has 1 aliphatic rings. The van der Waals surface area contributed by atoms with E-state index in [0.717, 1.165) is 45.3 Å². The third-order valence-electron chi connectivity index (χ3n) is 18.0. The van der Waals surface area contributed by atoms with Gasteiger partial charge in [-0.3, -0.25) is 0 Å². The molecule has 0 spiro atoms. The summed E-state index contributed by atoms with van der Waals surface area (Å²) in [6, 6.07) is 113. The Morgan fingerprint density at radius 3 is 1.02 bits per heavy atom. The van der Waals surface area contributed by atoms with Crippen molar-refractivity contribution in [2.45, 2.75) is 58.8 Å². The van der Waals surface area contributed by atoms with E-state index in [2.05, 4.69) is 355 Å². The van der Waals surface area contributed by atoms with Crippen molar-refractivity contribution in [3.05, 3.63) is 326 Å². The number of rotatable bonds is 14. The lowest BCUT2D eigenvalue weighted by Crippen LogP contribution is -2.18. The highest BCUT2D eigenvalue weighted by Gasteiger charge is 2.39. The van der Waals surface area contributed by atoms with Crippen molar-refractivity contribution < 1.29 is 0 Å². The van der Waals surface area contributed by atoms with Crippen molar-refractivity contribution in [3.8, 4) is 77.9 Å². The van der Waals surface area contributed by atoms with Gasteiger partial charge in [-0.05, 0) is 184 Å². The van der Waals surface area contributed by atoms with Crippen LogP contribution in [0, 0.1) is 0 Å². The van der Waals surface area contributed by atoms with Gasteiger partial charge in [0.2, 0.25) is 0 Å². The summed E-state index contributed by atoms with van der Waals surface area (Å²) in [7, 11) is 0. The van der Waals surface area contributed by atoms with Crippen LogP contribution >= 0.6 is 0 Å². The summed E-state index contributed by atoms with van der Waals surface area (Å²) in [6.07, 6.45) is 0. The smallest absolute Gasteiger partial charge is 0.0543 e. The van der Waals surface area contributed by atoms with Crippen LogP contribution in [0.3, 0.4) is 0 Å². The zero-order valence-corrected chi connectivity index (χ0v) is 50.4. The first kappa shape index (κ1) is 54.6. The molecule has 2 heteroatoms. The van der Waals surface area contributed by atoms with Crippen LogP contribution in [-0.4, -0.2) is 0 Å². The quantitative estimate of drug-likeness (QED) is 0.107. The molecule has 0 bridgehead atoms. The van der Waals surface area contributed by atoms with Crippen molar-refractivity contribution in [1.29, 1.82) is 0 Å². The van der Waals surface area contributed by atoms with Crippen LogP contribution in [0.4, 0.5) is 34.1 Å². The third kappa shape index (κ3) is 10.5. The fourth-order valence-electron chi connectivity index (χ4n) is 13.2. The van der Waals surface area contributed by atoms with Gasteiger partial charge < -0.3 is 9.80 Å². The van der Waals surface area contributed by atoms with E-state index in [4.69, 9.17) is 0 Å². The van der Waals surface area contributed by atoms with Crippen molar-refractivity contribution in [2.75, 3.05) is 9.80 Å². The van der Waals surface area contributed by atoms with Crippen molar-refractivity contribution in [2.24, 2.45) is 0 Å². The minimum Gasteiger partial charge on any atom is -0.310 e. The molecule has 0 heterocycles. The molecule has 87 heavy (non-hydrogen) atoms. The maximum absolute atomic E-state index is 2.52. The first-order chi connectivity index (χ1) is 42.5. The Labute approximate surface area is 514 Å². The summed E-state index contributed by atoms with van der Waals surface area (Å²) in [5, 5.41) is 2.43. The summed E-state index contributed by atoms with van der Waals surface area (Å²) in [6.45, 7) is 13.9. The van der Waals surface area contributed by atoms with Crippen LogP contribution in [0.1, 0.15) is 75.6 Å². The third-order valence-corrected chi connectivity index (χ3v) is 18.0. The van der Waals surface area contributed by atoms with Crippen LogP contribution in [0.15, 0.2) is 303 Å². The highest BCUT2D eigenvalue weighted by molar-refractivity contribution is 6.10. The van der Waals surface area contributed by atoms with E-state index >= 15 is 0 Å². The lowest BCUT2D eigenvalue weighted by molar-refractivity contribution is 0.661. The molecule has 0 amide bonds. The van der Waals surface area contributed by atoms with Crippen molar-refractivity contribution in [1.82, 2.24) is 0 Å². The Morgan fingerprint density at radius 1 is 0.253 bits per heavy atom. The number of anilines is 6. The van der Waals surface area contributed by atoms with Crippen molar-refractivity contribution in [3.63, 3.8) is 0 Å². The maximum atomic E-state index is 2.52.